The second kappa shape index (κ2) is 4.65. The van der Waals surface area contributed by atoms with E-state index in [1.165, 1.54) is 0 Å². The van der Waals surface area contributed by atoms with Gasteiger partial charge in [0, 0.05) is 5.70 Å². The maximum atomic E-state index is 4.64. The Kier molecular flexibility index (Phi) is 4.36. The van der Waals surface area contributed by atoms with Crippen LogP contribution in [-0.4, -0.2) is 7.11 Å². The van der Waals surface area contributed by atoms with Crippen molar-refractivity contribution in [3.05, 3.63) is 11.8 Å². The Bertz CT molecular complexity index is 78.6. The summed E-state index contributed by atoms with van der Waals surface area (Å²) in [4.78, 5) is 4.64. The van der Waals surface area contributed by atoms with Crippen molar-refractivity contribution in [1.82, 2.24) is 5.48 Å². The zero-order valence-electron chi connectivity index (χ0n) is 5.69. The standard InChI is InChI=1S/C6H13NO/c1-4-5-6(2)7-8-3/h5,7H,4H2,1-3H3. The first-order valence-corrected chi connectivity index (χ1v) is 2.77. The average molecular weight is 115 g/mol. The zero-order valence-corrected chi connectivity index (χ0v) is 5.69. The van der Waals surface area contributed by atoms with E-state index in [1.807, 2.05) is 6.92 Å². The normalized spacial score (nSPS) is 11.6. The highest BCUT2D eigenvalue weighted by Gasteiger charge is 1.79. The van der Waals surface area contributed by atoms with Crippen LogP contribution in [0.4, 0.5) is 0 Å². The molecule has 0 saturated carbocycles. The minimum Gasteiger partial charge on any atom is -0.280 e. The largest absolute Gasteiger partial charge is 0.280 e. The Hall–Kier alpha value is -0.500. The molecule has 0 radical (unpaired) electrons. The Labute approximate surface area is 50.5 Å². The van der Waals surface area contributed by atoms with Crippen molar-refractivity contribution < 1.29 is 4.84 Å². The summed E-state index contributed by atoms with van der Waals surface area (Å²) in [5.74, 6) is 0. The zero-order chi connectivity index (χ0) is 6.41. The van der Waals surface area contributed by atoms with E-state index < -0.39 is 0 Å². The number of rotatable bonds is 3. The molecule has 0 aromatic heterocycles. The number of hydroxylamine groups is 1. The van der Waals surface area contributed by atoms with Crippen molar-refractivity contribution in [3.63, 3.8) is 0 Å². The van der Waals surface area contributed by atoms with Crippen molar-refractivity contribution in [3.8, 4) is 0 Å². The molecule has 2 heteroatoms. The number of allylic oxidation sites excluding steroid dienone is 2. The van der Waals surface area contributed by atoms with E-state index in [-0.39, 0.29) is 0 Å². The summed E-state index contributed by atoms with van der Waals surface area (Å²) in [5.41, 5.74) is 3.77. The third-order valence-electron chi connectivity index (χ3n) is 0.773. The topological polar surface area (TPSA) is 21.3 Å². The molecule has 0 unspecified atom stereocenters. The molecule has 0 spiro atoms. The van der Waals surface area contributed by atoms with Crippen molar-refractivity contribution in [1.29, 1.82) is 0 Å². The molecule has 48 valence electrons. The second-order valence-electron chi connectivity index (χ2n) is 1.60. The molecule has 8 heavy (non-hydrogen) atoms. The van der Waals surface area contributed by atoms with Gasteiger partial charge >= 0.3 is 0 Å². The first-order chi connectivity index (χ1) is 3.81. The predicted molar refractivity (Wildman–Crippen MR) is 34.2 cm³/mol. The lowest BCUT2D eigenvalue weighted by molar-refractivity contribution is 0.118. The van der Waals surface area contributed by atoms with Gasteiger partial charge in [-0.1, -0.05) is 13.0 Å². The van der Waals surface area contributed by atoms with Crippen LogP contribution in [0.3, 0.4) is 0 Å². The molecular weight excluding hydrogens is 102 g/mol. The Morgan fingerprint density at radius 2 is 2.38 bits per heavy atom. The molecule has 0 fully saturated rings. The van der Waals surface area contributed by atoms with Crippen LogP contribution in [0.1, 0.15) is 20.3 Å². The van der Waals surface area contributed by atoms with E-state index in [9.17, 15) is 0 Å². The Morgan fingerprint density at radius 1 is 1.75 bits per heavy atom. The molecule has 0 aromatic rings. The summed E-state index contributed by atoms with van der Waals surface area (Å²) in [6.45, 7) is 4.05. The molecule has 0 aliphatic rings. The molecule has 0 bridgehead atoms. The number of hydrogen-bond acceptors (Lipinski definition) is 2. The highest BCUT2D eigenvalue weighted by Crippen LogP contribution is 1.87. The maximum Gasteiger partial charge on any atom is 0.0636 e. The first kappa shape index (κ1) is 7.50. The van der Waals surface area contributed by atoms with Gasteiger partial charge in [0.2, 0.25) is 0 Å². The van der Waals surface area contributed by atoms with Gasteiger partial charge in [-0.05, 0) is 13.3 Å². The molecule has 0 saturated heterocycles. The minimum absolute atomic E-state index is 1.04. The quantitative estimate of drug-likeness (QED) is 0.562. The Balaban J connectivity index is 3.29. The molecule has 0 aliphatic carbocycles. The fourth-order valence-corrected chi connectivity index (χ4v) is 0.509. The SMILES string of the molecule is CCC=C(C)NOC. The molecular formula is C6H13NO. The van der Waals surface area contributed by atoms with Gasteiger partial charge in [0.05, 0.1) is 7.11 Å². The summed E-state index contributed by atoms with van der Waals surface area (Å²) < 4.78 is 0. The van der Waals surface area contributed by atoms with Gasteiger partial charge in [-0.25, -0.2) is 0 Å². The van der Waals surface area contributed by atoms with Crippen LogP contribution in [-0.2, 0) is 4.84 Å². The van der Waals surface area contributed by atoms with Gasteiger partial charge in [-0.2, -0.15) is 0 Å². The lowest BCUT2D eigenvalue weighted by atomic mass is 10.4. The van der Waals surface area contributed by atoms with E-state index in [4.69, 9.17) is 0 Å². The molecule has 0 aliphatic heterocycles. The van der Waals surface area contributed by atoms with Gasteiger partial charge < -0.3 is 0 Å². The van der Waals surface area contributed by atoms with Gasteiger partial charge in [0.15, 0.2) is 0 Å². The van der Waals surface area contributed by atoms with Gasteiger partial charge in [-0.3, -0.25) is 10.3 Å². The molecule has 0 rings (SSSR count). The fraction of sp³-hybridized carbons (Fsp3) is 0.667. The van der Waals surface area contributed by atoms with Crippen molar-refractivity contribution in [2.75, 3.05) is 7.11 Å². The van der Waals surface area contributed by atoms with Crippen LogP contribution >= 0.6 is 0 Å². The van der Waals surface area contributed by atoms with E-state index in [0.29, 0.717) is 0 Å². The Morgan fingerprint density at radius 3 is 2.75 bits per heavy atom. The van der Waals surface area contributed by atoms with Crippen LogP contribution in [0.2, 0.25) is 0 Å². The summed E-state index contributed by atoms with van der Waals surface area (Å²) in [5, 5.41) is 0. The van der Waals surface area contributed by atoms with Crippen LogP contribution < -0.4 is 5.48 Å². The van der Waals surface area contributed by atoms with Gasteiger partial charge in [0.1, 0.15) is 0 Å². The summed E-state index contributed by atoms with van der Waals surface area (Å²) in [6.07, 6.45) is 3.10. The second-order valence-corrected chi connectivity index (χ2v) is 1.60. The van der Waals surface area contributed by atoms with Crippen LogP contribution in [0.5, 0.6) is 0 Å². The van der Waals surface area contributed by atoms with Crippen molar-refractivity contribution >= 4 is 0 Å². The monoisotopic (exact) mass is 115 g/mol. The van der Waals surface area contributed by atoms with E-state index in [0.717, 1.165) is 12.1 Å². The van der Waals surface area contributed by atoms with Crippen LogP contribution in [0, 0.1) is 0 Å². The summed E-state index contributed by atoms with van der Waals surface area (Å²) in [6, 6.07) is 0. The van der Waals surface area contributed by atoms with Crippen molar-refractivity contribution in [2.24, 2.45) is 0 Å². The minimum atomic E-state index is 1.04. The van der Waals surface area contributed by atoms with E-state index in [1.54, 1.807) is 7.11 Å². The molecule has 0 heterocycles. The molecule has 0 aromatic carbocycles. The maximum absolute atomic E-state index is 4.64. The van der Waals surface area contributed by atoms with Crippen LogP contribution in [0.15, 0.2) is 11.8 Å². The molecule has 0 amide bonds. The smallest absolute Gasteiger partial charge is 0.0636 e. The van der Waals surface area contributed by atoms with Crippen molar-refractivity contribution in [2.45, 2.75) is 20.3 Å². The fourth-order valence-electron chi connectivity index (χ4n) is 0.509. The number of hydrogen-bond donors (Lipinski definition) is 1. The van der Waals surface area contributed by atoms with Gasteiger partial charge in [-0.15, -0.1) is 0 Å². The third kappa shape index (κ3) is 3.68. The summed E-state index contributed by atoms with van der Waals surface area (Å²) in [7, 11) is 1.60. The summed E-state index contributed by atoms with van der Waals surface area (Å²) >= 11 is 0. The van der Waals surface area contributed by atoms with Crippen LogP contribution in [0.25, 0.3) is 0 Å². The molecule has 1 N–H and O–H groups in total. The highest BCUT2D eigenvalue weighted by atomic mass is 16.6. The third-order valence-corrected chi connectivity index (χ3v) is 0.773. The average Bonchev–Trinajstić information content (AvgIpc) is 1.68. The lowest BCUT2D eigenvalue weighted by Gasteiger charge is -1.99. The lowest BCUT2D eigenvalue weighted by Crippen LogP contribution is -2.07. The van der Waals surface area contributed by atoms with E-state index >= 15 is 0 Å². The first-order valence-electron chi connectivity index (χ1n) is 2.77. The predicted octanol–water partition coefficient (Wildman–Crippen LogP) is 1.45. The van der Waals surface area contributed by atoms with Gasteiger partial charge in [0.25, 0.3) is 0 Å². The number of nitrogens with one attached hydrogen (secondary N) is 1. The molecule has 2 nitrogen and oxygen atoms in total. The highest BCUT2D eigenvalue weighted by molar-refractivity contribution is 4.91. The van der Waals surface area contributed by atoms with E-state index in [2.05, 4.69) is 23.3 Å². The molecule has 0 atom stereocenters.